The highest BCUT2D eigenvalue weighted by Crippen LogP contribution is 2.33. The second kappa shape index (κ2) is 12.6. The molecule has 0 aliphatic carbocycles. The van der Waals surface area contributed by atoms with Crippen LogP contribution in [-0.4, -0.2) is 70.6 Å². The number of fused-ring (bicyclic) bond motifs is 1. The van der Waals surface area contributed by atoms with Crippen LogP contribution in [0.3, 0.4) is 0 Å². The maximum Gasteiger partial charge on any atom is 0.289 e. The summed E-state index contributed by atoms with van der Waals surface area (Å²) in [6.07, 6.45) is 3.47. The Morgan fingerprint density at radius 3 is 2.55 bits per heavy atom. The Hall–Kier alpha value is -3.72. The lowest BCUT2D eigenvalue weighted by molar-refractivity contribution is -0.132. The quantitative estimate of drug-likeness (QED) is 0.349. The van der Waals surface area contributed by atoms with E-state index in [2.05, 4.69) is 36.3 Å². The van der Waals surface area contributed by atoms with Crippen LogP contribution in [0, 0.1) is 5.92 Å². The molecular weight excluding hydrogens is 508 g/mol. The monoisotopic (exact) mass is 548 g/mol. The highest BCUT2D eigenvalue weighted by Gasteiger charge is 2.25. The van der Waals surface area contributed by atoms with Gasteiger partial charge in [-0.15, -0.1) is 0 Å². The van der Waals surface area contributed by atoms with Gasteiger partial charge in [0.15, 0.2) is 17.3 Å². The van der Waals surface area contributed by atoms with E-state index >= 15 is 0 Å². The van der Waals surface area contributed by atoms with Crippen molar-refractivity contribution in [1.29, 1.82) is 0 Å². The lowest BCUT2D eigenvalue weighted by Crippen LogP contribution is -2.48. The van der Waals surface area contributed by atoms with Gasteiger partial charge in [0.05, 0.1) is 13.1 Å². The molecule has 0 N–H and O–H groups in total. The number of aromatic nitrogens is 1. The van der Waals surface area contributed by atoms with Crippen molar-refractivity contribution in [3.05, 3.63) is 71.4 Å². The second-order valence-corrected chi connectivity index (χ2v) is 11.1. The van der Waals surface area contributed by atoms with E-state index in [4.69, 9.17) is 13.9 Å². The van der Waals surface area contributed by atoms with Crippen LogP contribution in [0.2, 0.25) is 0 Å². The number of nitrogens with zero attached hydrogens (tertiary/aromatic N) is 4. The highest BCUT2D eigenvalue weighted by atomic mass is 16.7. The average Bonchev–Trinajstić information content (AvgIpc) is 3.70. The van der Waals surface area contributed by atoms with E-state index < -0.39 is 0 Å². The van der Waals surface area contributed by atoms with Gasteiger partial charge in [-0.2, -0.15) is 0 Å². The van der Waals surface area contributed by atoms with Gasteiger partial charge in [-0.05, 0) is 54.3 Å². The van der Waals surface area contributed by atoms with E-state index in [0.717, 1.165) is 55.6 Å². The zero-order valence-electron chi connectivity index (χ0n) is 23.8. The fraction of sp³-hybridized carbons (Fsp3) is 0.484. The van der Waals surface area contributed by atoms with Gasteiger partial charge in [0, 0.05) is 57.6 Å². The summed E-state index contributed by atoms with van der Waals surface area (Å²) in [5.41, 5.74) is 2.22. The first kappa shape index (κ1) is 27.8. The molecule has 4 heterocycles. The van der Waals surface area contributed by atoms with Crippen LogP contribution in [-0.2, 0) is 24.4 Å². The summed E-state index contributed by atoms with van der Waals surface area (Å²) in [5.74, 6) is 3.12. The number of amides is 2. The summed E-state index contributed by atoms with van der Waals surface area (Å²) in [7, 11) is 0. The minimum atomic E-state index is -0.0740. The molecule has 0 radical (unpaired) electrons. The molecule has 9 heteroatoms. The lowest BCUT2D eigenvalue weighted by atomic mass is 10.1. The maximum absolute atomic E-state index is 13.2. The van der Waals surface area contributed by atoms with E-state index in [0.29, 0.717) is 44.3 Å². The molecule has 1 aromatic carbocycles. The van der Waals surface area contributed by atoms with Crippen LogP contribution in [0.4, 0.5) is 0 Å². The molecule has 214 valence electrons. The van der Waals surface area contributed by atoms with Crippen LogP contribution in [0.15, 0.2) is 53.1 Å². The number of hydrogen-bond donors (Lipinski definition) is 0. The third-order valence-electron chi connectivity index (χ3n) is 7.41. The molecule has 3 aromatic rings. The van der Waals surface area contributed by atoms with Crippen LogP contribution in [0.5, 0.6) is 11.5 Å². The van der Waals surface area contributed by atoms with Gasteiger partial charge in [0.25, 0.3) is 5.91 Å². The number of ether oxygens (including phenoxy) is 2. The Labute approximate surface area is 236 Å². The van der Waals surface area contributed by atoms with E-state index in [-0.39, 0.29) is 18.6 Å². The van der Waals surface area contributed by atoms with Gasteiger partial charge < -0.3 is 28.3 Å². The molecule has 2 aromatic heterocycles. The average molecular weight is 549 g/mol. The Morgan fingerprint density at radius 1 is 0.975 bits per heavy atom. The van der Waals surface area contributed by atoms with E-state index in [1.165, 1.54) is 5.56 Å². The normalized spacial score (nSPS) is 15.2. The summed E-state index contributed by atoms with van der Waals surface area (Å²) in [4.78, 5) is 32.1. The zero-order chi connectivity index (χ0) is 28.1. The summed E-state index contributed by atoms with van der Waals surface area (Å²) in [6, 6.07) is 13.7. The topological polar surface area (TPSA) is 80.4 Å². The number of benzene rings is 1. The number of rotatable bonds is 11. The molecule has 0 saturated carbocycles. The molecule has 5 rings (SSSR count). The number of piperazine rings is 1. The second-order valence-electron chi connectivity index (χ2n) is 11.1. The molecule has 2 aliphatic heterocycles. The third kappa shape index (κ3) is 6.70. The van der Waals surface area contributed by atoms with E-state index in [1.807, 2.05) is 46.3 Å². The highest BCUT2D eigenvalue weighted by molar-refractivity contribution is 5.91. The summed E-state index contributed by atoms with van der Waals surface area (Å²) in [5, 5.41) is 0. The zero-order valence-corrected chi connectivity index (χ0v) is 23.8. The third-order valence-corrected chi connectivity index (χ3v) is 7.41. The van der Waals surface area contributed by atoms with Gasteiger partial charge in [-0.25, -0.2) is 0 Å². The van der Waals surface area contributed by atoms with Crippen molar-refractivity contribution >= 4 is 11.8 Å². The van der Waals surface area contributed by atoms with Gasteiger partial charge in [0.1, 0.15) is 5.76 Å². The largest absolute Gasteiger partial charge is 0.454 e. The van der Waals surface area contributed by atoms with Crippen LogP contribution in [0.25, 0.3) is 0 Å². The van der Waals surface area contributed by atoms with Crippen LogP contribution in [0.1, 0.15) is 61.2 Å². The van der Waals surface area contributed by atoms with Crippen molar-refractivity contribution in [2.75, 3.05) is 39.5 Å². The smallest absolute Gasteiger partial charge is 0.289 e. The number of furan rings is 1. The molecule has 0 spiro atoms. The molecule has 0 atom stereocenters. The van der Waals surface area contributed by atoms with Crippen molar-refractivity contribution in [3.63, 3.8) is 0 Å². The molecule has 40 heavy (non-hydrogen) atoms. The fourth-order valence-corrected chi connectivity index (χ4v) is 5.29. The SMILES string of the molecule is CCCN(Cc1cccn1Cc1ccc(C(=O)N2CCN(Cc3ccc4c(c3)OCO4)CC2)o1)C(=O)CC(C)C. The van der Waals surface area contributed by atoms with E-state index in [9.17, 15) is 9.59 Å². The van der Waals surface area contributed by atoms with Crippen molar-refractivity contribution < 1.29 is 23.5 Å². The Balaban J connectivity index is 1.14. The number of carbonyl (C=O) groups excluding carboxylic acids is 2. The summed E-state index contributed by atoms with van der Waals surface area (Å²) >= 11 is 0. The molecule has 0 bridgehead atoms. The van der Waals surface area contributed by atoms with Crippen molar-refractivity contribution in [2.24, 2.45) is 5.92 Å². The molecule has 2 amide bonds. The Bertz CT molecular complexity index is 1300. The molecule has 1 saturated heterocycles. The predicted molar refractivity (Wildman–Crippen MR) is 151 cm³/mol. The summed E-state index contributed by atoms with van der Waals surface area (Å²) in [6.45, 7) is 12.0. The first-order valence-corrected chi connectivity index (χ1v) is 14.3. The molecule has 2 aliphatic rings. The summed E-state index contributed by atoms with van der Waals surface area (Å²) < 4.78 is 19.0. The van der Waals surface area contributed by atoms with Gasteiger partial charge in [-0.1, -0.05) is 26.8 Å². The minimum Gasteiger partial charge on any atom is -0.454 e. The molecular formula is C31H40N4O5. The minimum absolute atomic E-state index is 0.0740. The number of carbonyl (C=O) groups is 2. The Kier molecular flexibility index (Phi) is 8.79. The van der Waals surface area contributed by atoms with Crippen molar-refractivity contribution in [2.45, 2.75) is 53.2 Å². The van der Waals surface area contributed by atoms with Gasteiger partial charge >= 0.3 is 0 Å². The van der Waals surface area contributed by atoms with E-state index in [1.54, 1.807) is 6.07 Å². The first-order chi connectivity index (χ1) is 19.4. The molecule has 0 unspecified atom stereocenters. The lowest BCUT2D eigenvalue weighted by Gasteiger charge is -2.34. The van der Waals surface area contributed by atoms with Gasteiger partial charge in [0.2, 0.25) is 12.7 Å². The van der Waals surface area contributed by atoms with Crippen LogP contribution >= 0.6 is 0 Å². The number of hydrogen-bond acceptors (Lipinski definition) is 6. The maximum atomic E-state index is 13.2. The van der Waals surface area contributed by atoms with Crippen molar-refractivity contribution in [3.8, 4) is 11.5 Å². The standard InChI is InChI=1S/C31H40N4O5/c1-4-11-35(30(36)17-23(2)3)20-25-6-5-12-34(25)21-26-8-10-28(40-26)31(37)33-15-13-32(14-16-33)19-24-7-9-27-29(18-24)39-22-38-27/h5-10,12,18,23H,4,11,13-17,19-22H2,1-3H3. The van der Waals surface area contributed by atoms with Crippen LogP contribution < -0.4 is 9.47 Å². The van der Waals surface area contributed by atoms with Gasteiger partial charge in [-0.3, -0.25) is 14.5 Å². The predicted octanol–water partition coefficient (Wildman–Crippen LogP) is 4.60. The van der Waals surface area contributed by atoms with Crippen molar-refractivity contribution in [1.82, 2.24) is 19.3 Å². The first-order valence-electron chi connectivity index (χ1n) is 14.3. The Morgan fingerprint density at radius 2 is 1.77 bits per heavy atom. The molecule has 1 fully saturated rings. The molecule has 9 nitrogen and oxygen atoms in total. The fourth-order valence-electron chi connectivity index (χ4n) is 5.29.